The predicted molar refractivity (Wildman–Crippen MR) is 125 cm³/mol. The number of benzene rings is 1. The van der Waals surface area contributed by atoms with Crippen molar-refractivity contribution in [1.82, 2.24) is 5.32 Å². The summed E-state index contributed by atoms with van der Waals surface area (Å²) in [4.78, 5) is 12.8. The van der Waals surface area contributed by atoms with Crippen LogP contribution in [0.25, 0.3) is 0 Å². The van der Waals surface area contributed by atoms with E-state index in [2.05, 4.69) is 5.32 Å². The number of amides is 1. The Bertz CT molecular complexity index is 772. The molecule has 0 bridgehead atoms. The highest BCUT2D eigenvalue weighted by Gasteiger charge is 2.49. The third-order valence-electron chi connectivity index (χ3n) is 6.19. The number of ether oxygens (including phenoxy) is 6. The van der Waals surface area contributed by atoms with Gasteiger partial charge in [0.05, 0.1) is 38.6 Å². The summed E-state index contributed by atoms with van der Waals surface area (Å²) in [6.07, 6.45) is 0.274. The lowest BCUT2D eigenvalue weighted by Crippen LogP contribution is -2.56. The summed E-state index contributed by atoms with van der Waals surface area (Å²) in [6.45, 7) is 6.50. The van der Waals surface area contributed by atoms with Crippen molar-refractivity contribution >= 4 is 6.09 Å². The first-order valence-corrected chi connectivity index (χ1v) is 11.8. The molecule has 1 saturated heterocycles. The Hall–Kier alpha value is -1.91. The van der Waals surface area contributed by atoms with Gasteiger partial charge in [-0.15, -0.1) is 0 Å². The topological polar surface area (TPSA) is 105 Å². The van der Waals surface area contributed by atoms with Crippen LogP contribution in [0.1, 0.15) is 45.6 Å². The largest absolute Gasteiger partial charge is 0.497 e. The molecule has 2 aliphatic rings. The van der Waals surface area contributed by atoms with Crippen molar-refractivity contribution in [3.8, 4) is 5.75 Å². The molecule has 1 amide bonds. The van der Waals surface area contributed by atoms with Gasteiger partial charge in [-0.25, -0.2) is 4.79 Å². The van der Waals surface area contributed by atoms with E-state index in [0.717, 1.165) is 11.3 Å². The smallest absolute Gasteiger partial charge is 0.407 e. The summed E-state index contributed by atoms with van der Waals surface area (Å²) in [5.74, 6) is -0.331. The number of aliphatic hydroxyl groups excluding tert-OH is 1. The van der Waals surface area contributed by atoms with E-state index in [1.807, 2.05) is 45.0 Å². The Morgan fingerprint density at radius 2 is 1.88 bits per heavy atom. The van der Waals surface area contributed by atoms with Crippen LogP contribution < -0.4 is 10.1 Å². The second-order valence-corrected chi connectivity index (χ2v) is 9.92. The minimum Gasteiger partial charge on any atom is -0.497 e. The van der Waals surface area contributed by atoms with Crippen LogP contribution >= 0.6 is 0 Å². The molecule has 0 aromatic heterocycles. The zero-order valence-corrected chi connectivity index (χ0v) is 20.9. The van der Waals surface area contributed by atoms with Gasteiger partial charge in [0.2, 0.25) is 0 Å². The molecule has 1 saturated carbocycles. The van der Waals surface area contributed by atoms with Crippen molar-refractivity contribution in [2.24, 2.45) is 5.92 Å². The number of aliphatic hydroxyl groups is 1. The highest BCUT2D eigenvalue weighted by molar-refractivity contribution is 5.68. The monoisotopic (exact) mass is 481 g/mol. The van der Waals surface area contributed by atoms with E-state index in [9.17, 15) is 9.90 Å². The van der Waals surface area contributed by atoms with Gasteiger partial charge in [-0.1, -0.05) is 12.1 Å². The maximum Gasteiger partial charge on any atom is 0.407 e. The normalized spacial score (nSPS) is 23.9. The third kappa shape index (κ3) is 7.29. The SMILES string of the molecule is COCO[C@@H]([C@H]1CC2(CC[C@@H]1O)OCCO2)[C@H](Cc1ccc(OC)cc1)NC(=O)OC(C)(C)C. The quantitative estimate of drug-likeness (QED) is 0.519. The molecule has 4 atom stereocenters. The summed E-state index contributed by atoms with van der Waals surface area (Å²) in [5.41, 5.74) is 0.318. The van der Waals surface area contributed by atoms with E-state index in [1.54, 1.807) is 14.2 Å². The molecule has 1 aliphatic heterocycles. The lowest BCUT2D eigenvalue weighted by Gasteiger charge is -2.44. The summed E-state index contributed by atoms with van der Waals surface area (Å²) in [7, 11) is 3.16. The minimum atomic E-state index is -0.727. The van der Waals surface area contributed by atoms with Crippen LogP contribution in [0.3, 0.4) is 0 Å². The first-order valence-electron chi connectivity index (χ1n) is 11.8. The number of carbonyl (C=O) groups is 1. The first-order chi connectivity index (χ1) is 16.1. The number of carbonyl (C=O) groups excluding carboxylic acids is 1. The number of hydrogen-bond donors (Lipinski definition) is 2. The summed E-state index contributed by atoms with van der Waals surface area (Å²) < 4.78 is 34.0. The van der Waals surface area contributed by atoms with Crippen LogP contribution in [-0.2, 0) is 30.1 Å². The molecular weight excluding hydrogens is 442 g/mol. The van der Waals surface area contributed by atoms with Crippen molar-refractivity contribution in [1.29, 1.82) is 0 Å². The summed E-state index contributed by atoms with van der Waals surface area (Å²) in [6, 6.07) is 7.12. The zero-order chi connectivity index (χ0) is 24.8. The number of hydrogen-bond acceptors (Lipinski definition) is 8. The second-order valence-electron chi connectivity index (χ2n) is 9.92. The molecule has 1 aliphatic carbocycles. The van der Waals surface area contributed by atoms with Gasteiger partial charge in [-0.2, -0.15) is 0 Å². The number of rotatable bonds is 9. The zero-order valence-electron chi connectivity index (χ0n) is 20.9. The molecular formula is C25H39NO8. The maximum absolute atomic E-state index is 12.8. The van der Waals surface area contributed by atoms with E-state index in [1.165, 1.54) is 0 Å². The van der Waals surface area contributed by atoms with Gasteiger partial charge < -0.3 is 38.8 Å². The molecule has 192 valence electrons. The fourth-order valence-electron chi connectivity index (χ4n) is 4.68. The van der Waals surface area contributed by atoms with Crippen LogP contribution in [0.2, 0.25) is 0 Å². The highest BCUT2D eigenvalue weighted by Crippen LogP contribution is 2.41. The second kappa shape index (κ2) is 11.7. The number of alkyl carbamates (subject to hydrolysis) is 1. The van der Waals surface area contributed by atoms with Gasteiger partial charge in [-0.05, 0) is 51.3 Å². The van der Waals surface area contributed by atoms with Gasteiger partial charge in [0.1, 0.15) is 18.1 Å². The van der Waals surface area contributed by atoms with Crippen LogP contribution in [0.4, 0.5) is 4.79 Å². The standard InChI is InChI=1S/C25H39NO8/c1-24(2,3)34-23(28)26-20(14-17-6-8-18(30-5)9-7-17)22(31-16-29-4)19-15-25(11-10-21(19)27)32-12-13-33-25/h6-9,19-22,27H,10-16H2,1-5H3,(H,26,28)/t19-,20-,21-,22-/m0/s1. The van der Waals surface area contributed by atoms with Gasteiger partial charge in [0.25, 0.3) is 0 Å². The van der Waals surface area contributed by atoms with Crippen molar-refractivity contribution in [3.05, 3.63) is 29.8 Å². The minimum absolute atomic E-state index is 0.0116. The van der Waals surface area contributed by atoms with E-state index < -0.39 is 35.7 Å². The van der Waals surface area contributed by atoms with E-state index in [0.29, 0.717) is 38.9 Å². The Morgan fingerprint density at radius 3 is 2.47 bits per heavy atom. The lowest BCUT2D eigenvalue weighted by molar-refractivity contribution is -0.223. The van der Waals surface area contributed by atoms with Gasteiger partial charge >= 0.3 is 6.09 Å². The molecule has 1 aromatic rings. The summed E-state index contributed by atoms with van der Waals surface area (Å²) >= 11 is 0. The van der Waals surface area contributed by atoms with E-state index in [-0.39, 0.29) is 12.7 Å². The average molecular weight is 482 g/mol. The third-order valence-corrected chi connectivity index (χ3v) is 6.19. The van der Waals surface area contributed by atoms with Crippen LogP contribution in [0, 0.1) is 5.92 Å². The molecule has 0 unspecified atom stereocenters. The summed E-state index contributed by atoms with van der Waals surface area (Å²) in [5, 5.41) is 14.0. The molecule has 9 heteroatoms. The van der Waals surface area contributed by atoms with Crippen molar-refractivity contribution < 1.29 is 38.3 Å². The van der Waals surface area contributed by atoms with Crippen molar-refractivity contribution in [2.75, 3.05) is 34.2 Å². The predicted octanol–water partition coefficient (Wildman–Crippen LogP) is 3.02. The Kier molecular flexibility index (Phi) is 9.17. The molecule has 1 aromatic carbocycles. The number of methoxy groups -OCH3 is 2. The molecule has 1 spiro atoms. The molecule has 9 nitrogen and oxygen atoms in total. The van der Waals surface area contributed by atoms with Gasteiger partial charge in [0, 0.05) is 25.9 Å². The fourth-order valence-corrected chi connectivity index (χ4v) is 4.68. The highest BCUT2D eigenvalue weighted by atomic mass is 16.7. The van der Waals surface area contributed by atoms with E-state index >= 15 is 0 Å². The molecule has 34 heavy (non-hydrogen) atoms. The van der Waals surface area contributed by atoms with Crippen LogP contribution in [0.15, 0.2) is 24.3 Å². The Morgan fingerprint density at radius 1 is 1.21 bits per heavy atom. The number of nitrogens with one attached hydrogen (secondary N) is 1. The molecule has 1 heterocycles. The van der Waals surface area contributed by atoms with Gasteiger partial charge in [-0.3, -0.25) is 0 Å². The first kappa shape index (κ1) is 26.7. The molecule has 2 N–H and O–H groups in total. The van der Waals surface area contributed by atoms with Crippen molar-refractivity contribution in [3.63, 3.8) is 0 Å². The molecule has 3 rings (SSSR count). The van der Waals surface area contributed by atoms with Crippen LogP contribution in [-0.4, -0.2) is 75.1 Å². The van der Waals surface area contributed by atoms with Gasteiger partial charge in [0.15, 0.2) is 5.79 Å². The van der Waals surface area contributed by atoms with E-state index in [4.69, 9.17) is 28.4 Å². The average Bonchev–Trinajstić information content (AvgIpc) is 3.23. The maximum atomic E-state index is 12.8. The van der Waals surface area contributed by atoms with Crippen molar-refractivity contribution in [2.45, 2.75) is 76.1 Å². The Balaban J connectivity index is 1.88. The lowest BCUT2D eigenvalue weighted by atomic mass is 9.76. The molecule has 2 fully saturated rings. The fraction of sp³-hybridized carbons (Fsp3) is 0.720. The van der Waals surface area contributed by atoms with Crippen LogP contribution in [0.5, 0.6) is 5.75 Å². The molecule has 0 radical (unpaired) electrons. The Labute approximate surface area is 202 Å².